The number of aliphatic hydroxyl groups excluding tert-OH is 1. The molecule has 0 radical (unpaired) electrons. The zero-order chi connectivity index (χ0) is 19.6. The minimum Gasteiger partial charge on any atom is -0.394 e. The molecular weight excluding hydrogens is 346 g/mol. The van der Waals surface area contributed by atoms with Gasteiger partial charge in [-0.05, 0) is 31.4 Å². The lowest BCUT2D eigenvalue weighted by molar-refractivity contribution is -0.230. The third-order valence-electron chi connectivity index (χ3n) is 4.86. The van der Waals surface area contributed by atoms with Crippen LogP contribution in [0.15, 0.2) is 54.6 Å². The second-order valence-corrected chi connectivity index (χ2v) is 7.29. The van der Waals surface area contributed by atoms with Crippen LogP contribution in [0, 0.1) is 0 Å². The fourth-order valence-electron chi connectivity index (χ4n) is 3.86. The molecule has 6 heteroatoms. The molecule has 0 amide bonds. The van der Waals surface area contributed by atoms with E-state index in [0.717, 1.165) is 11.1 Å². The minimum atomic E-state index is -0.815. The van der Waals surface area contributed by atoms with E-state index in [0.29, 0.717) is 6.42 Å². The monoisotopic (exact) mass is 373 g/mol. The zero-order valence-electron chi connectivity index (χ0n) is 16.0. The van der Waals surface area contributed by atoms with Gasteiger partial charge in [-0.25, -0.2) is 0 Å². The largest absolute Gasteiger partial charge is 0.394 e. The molecule has 146 valence electrons. The number of carbonyl (C=O) groups excluding carboxylic acids is 1. The molecule has 1 aromatic rings. The first-order valence-corrected chi connectivity index (χ1v) is 9.17. The molecule has 0 unspecified atom stereocenters. The molecule has 1 fully saturated rings. The molecule has 0 aromatic heterocycles. The van der Waals surface area contributed by atoms with Gasteiger partial charge in [0.25, 0.3) is 0 Å². The third kappa shape index (κ3) is 4.14. The summed E-state index contributed by atoms with van der Waals surface area (Å²) >= 11 is 0. The Kier molecular flexibility index (Phi) is 5.81. The highest BCUT2D eigenvalue weighted by molar-refractivity contribution is 5.65. The van der Waals surface area contributed by atoms with Crippen molar-refractivity contribution >= 4 is 5.97 Å². The highest BCUT2D eigenvalue weighted by atomic mass is 16.8. The van der Waals surface area contributed by atoms with Crippen LogP contribution in [0.1, 0.15) is 38.8 Å². The number of nitrogens with zero attached hydrogens (tertiary/aromatic N) is 1. The molecule has 4 atom stereocenters. The summed E-state index contributed by atoms with van der Waals surface area (Å²) in [5.41, 5.74) is 1.94. The standard InChI is InChI=1S/C21H27NO5/c1-5-15-11-12-17(20-18(13-23)25-21(3,4)26-20)22(27-14(2)24)19(15)16-9-7-6-8-10-16/h5-11,17-20,23H,1,12-13H2,2-4H3/t17-,18+,19+,20-/m0/s1. The minimum absolute atomic E-state index is 0.174. The van der Waals surface area contributed by atoms with Crippen molar-refractivity contribution in [1.82, 2.24) is 5.06 Å². The number of hydroxylamine groups is 2. The summed E-state index contributed by atoms with van der Waals surface area (Å²) in [5.74, 6) is -1.23. The van der Waals surface area contributed by atoms with Crippen molar-refractivity contribution in [3.63, 3.8) is 0 Å². The van der Waals surface area contributed by atoms with Crippen LogP contribution in [-0.4, -0.2) is 46.8 Å². The van der Waals surface area contributed by atoms with E-state index in [1.54, 1.807) is 11.1 Å². The topological polar surface area (TPSA) is 68.2 Å². The first-order chi connectivity index (χ1) is 12.9. The number of benzene rings is 1. The van der Waals surface area contributed by atoms with Crippen molar-refractivity contribution < 1.29 is 24.2 Å². The number of ether oxygens (including phenoxy) is 2. The molecule has 1 saturated heterocycles. The summed E-state index contributed by atoms with van der Waals surface area (Å²) in [5, 5.41) is 11.5. The summed E-state index contributed by atoms with van der Waals surface area (Å²) in [6.45, 7) is 8.75. The average Bonchev–Trinajstić information content (AvgIpc) is 2.96. The summed E-state index contributed by atoms with van der Waals surface area (Å²) in [7, 11) is 0. The Morgan fingerprint density at radius 2 is 2.07 bits per heavy atom. The van der Waals surface area contributed by atoms with E-state index in [9.17, 15) is 9.90 Å². The highest BCUT2D eigenvalue weighted by Crippen LogP contribution is 2.41. The lowest BCUT2D eigenvalue weighted by atomic mass is 9.88. The van der Waals surface area contributed by atoms with Crippen LogP contribution in [0.3, 0.4) is 0 Å². The highest BCUT2D eigenvalue weighted by Gasteiger charge is 2.50. The maximum absolute atomic E-state index is 11.9. The maximum Gasteiger partial charge on any atom is 0.322 e. The van der Waals surface area contributed by atoms with Gasteiger partial charge < -0.3 is 19.4 Å². The van der Waals surface area contributed by atoms with Crippen molar-refractivity contribution in [3.8, 4) is 0 Å². The van der Waals surface area contributed by atoms with Gasteiger partial charge in [0, 0.05) is 6.92 Å². The van der Waals surface area contributed by atoms with Crippen LogP contribution in [0.2, 0.25) is 0 Å². The van der Waals surface area contributed by atoms with E-state index >= 15 is 0 Å². The fourth-order valence-corrected chi connectivity index (χ4v) is 3.86. The molecule has 0 bridgehead atoms. The molecule has 2 aliphatic rings. The molecule has 2 aliphatic heterocycles. The van der Waals surface area contributed by atoms with E-state index in [4.69, 9.17) is 14.3 Å². The van der Waals surface area contributed by atoms with Crippen LogP contribution in [0.5, 0.6) is 0 Å². The fraction of sp³-hybridized carbons (Fsp3) is 0.476. The molecule has 6 nitrogen and oxygen atoms in total. The average molecular weight is 373 g/mol. The number of carbonyl (C=O) groups is 1. The van der Waals surface area contributed by atoms with Gasteiger partial charge in [0.2, 0.25) is 0 Å². The Morgan fingerprint density at radius 1 is 1.37 bits per heavy atom. The molecule has 27 heavy (non-hydrogen) atoms. The van der Waals surface area contributed by atoms with Crippen LogP contribution in [-0.2, 0) is 19.1 Å². The van der Waals surface area contributed by atoms with Gasteiger partial charge in [0.1, 0.15) is 12.2 Å². The van der Waals surface area contributed by atoms with Gasteiger partial charge in [-0.2, -0.15) is 0 Å². The number of hydrogen-bond acceptors (Lipinski definition) is 6. The van der Waals surface area contributed by atoms with E-state index < -0.39 is 24.0 Å². The first-order valence-electron chi connectivity index (χ1n) is 9.17. The SMILES string of the molecule is C=CC1=CC[C@@H]([C@@H]2OC(C)(C)O[C@@H]2CO)N(OC(C)=O)[C@H]1c1ccccc1. The summed E-state index contributed by atoms with van der Waals surface area (Å²) in [6.07, 6.45) is 3.50. The van der Waals surface area contributed by atoms with Crippen molar-refractivity contribution in [1.29, 1.82) is 0 Å². The van der Waals surface area contributed by atoms with Crippen LogP contribution in [0.25, 0.3) is 0 Å². The second kappa shape index (κ2) is 7.94. The normalized spacial score (nSPS) is 30.6. The lowest BCUT2D eigenvalue weighted by Crippen LogP contribution is -2.52. The van der Waals surface area contributed by atoms with Crippen LogP contribution in [0.4, 0.5) is 0 Å². The van der Waals surface area contributed by atoms with Gasteiger partial charge >= 0.3 is 5.97 Å². The van der Waals surface area contributed by atoms with Gasteiger partial charge in [0.15, 0.2) is 5.79 Å². The van der Waals surface area contributed by atoms with Crippen molar-refractivity contribution in [2.45, 2.75) is 57.3 Å². The summed E-state index contributed by atoms with van der Waals surface area (Å²) in [6, 6.07) is 9.19. The first kappa shape index (κ1) is 19.8. The Balaban J connectivity index is 2.02. The maximum atomic E-state index is 11.9. The van der Waals surface area contributed by atoms with E-state index in [1.807, 2.05) is 44.2 Å². The van der Waals surface area contributed by atoms with Crippen LogP contribution < -0.4 is 0 Å². The molecule has 0 aliphatic carbocycles. The summed E-state index contributed by atoms with van der Waals surface area (Å²) in [4.78, 5) is 17.6. The van der Waals surface area contributed by atoms with E-state index in [1.165, 1.54) is 6.92 Å². The Bertz CT molecular complexity index is 715. The van der Waals surface area contributed by atoms with Gasteiger partial charge in [-0.3, -0.25) is 4.79 Å². The molecule has 1 N–H and O–H groups in total. The predicted octanol–water partition coefficient (Wildman–Crippen LogP) is 2.90. The molecular formula is C21H27NO5. The number of rotatable bonds is 5. The van der Waals surface area contributed by atoms with Gasteiger partial charge in [0.05, 0.1) is 18.7 Å². The van der Waals surface area contributed by atoms with Crippen LogP contribution >= 0.6 is 0 Å². The Hall–Kier alpha value is -1.99. The Labute approximate surface area is 160 Å². The van der Waals surface area contributed by atoms with Gasteiger partial charge in [-0.1, -0.05) is 49.1 Å². The zero-order valence-corrected chi connectivity index (χ0v) is 16.0. The third-order valence-corrected chi connectivity index (χ3v) is 4.86. The summed E-state index contributed by atoms with van der Waals surface area (Å²) < 4.78 is 11.9. The molecule has 3 rings (SSSR count). The van der Waals surface area contributed by atoms with Crippen molar-refractivity contribution in [2.24, 2.45) is 0 Å². The molecule has 0 spiro atoms. The Morgan fingerprint density at radius 3 is 2.67 bits per heavy atom. The molecule has 1 aromatic carbocycles. The van der Waals surface area contributed by atoms with Crippen molar-refractivity contribution in [2.75, 3.05) is 6.61 Å². The molecule has 0 saturated carbocycles. The lowest BCUT2D eigenvalue weighted by Gasteiger charge is -2.42. The van der Waals surface area contributed by atoms with Crippen molar-refractivity contribution in [3.05, 3.63) is 60.2 Å². The van der Waals surface area contributed by atoms with Gasteiger partial charge in [-0.15, -0.1) is 5.06 Å². The van der Waals surface area contributed by atoms with E-state index in [2.05, 4.69) is 12.7 Å². The second-order valence-electron chi connectivity index (χ2n) is 7.29. The smallest absolute Gasteiger partial charge is 0.322 e. The quantitative estimate of drug-likeness (QED) is 0.856. The van der Waals surface area contributed by atoms with E-state index in [-0.39, 0.29) is 18.7 Å². The number of hydrogen-bond donors (Lipinski definition) is 1. The number of aliphatic hydroxyl groups is 1. The predicted molar refractivity (Wildman–Crippen MR) is 100 cm³/mol. The molecule has 2 heterocycles.